The lowest BCUT2D eigenvalue weighted by atomic mass is 10.2. The molecule has 180 valence electrons. The Balaban J connectivity index is 2.03. The van der Waals surface area contributed by atoms with Gasteiger partial charge in [0.2, 0.25) is 0 Å². The minimum Gasteiger partial charge on any atom is -0.490 e. The van der Waals surface area contributed by atoms with Crippen molar-refractivity contribution >= 4 is 61.6 Å². The Kier molecular flexibility index (Phi) is 9.45. The fourth-order valence-corrected chi connectivity index (χ4v) is 4.33. The highest BCUT2D eigenvalue weighted by Crippen LogP contribution is 2.34. The Bertz CT molecular complexity index is 1280. The van der Waals surface area contributed by atoms with Crippen LogP contribution < -0.4 is 15.0 Å². The van der Waals surface area contributed by atoms with Gasteiger partial charge in [0.1, 0.15) is 5.82 Å². The van der Waals surface area contributed by atoms with Crippen LogP contribution in [0.2, 0.25) is 0 Å². The highest BCUT2D eigenvalue weighted by molar-refractivity contribution is 14.1. The normalized spacial score (nSPS) is 11.2. The van der Waals surface area contributed by atoms with Crippen molar-refractivity contribution in [1.82, 2.24) is 9.66 Å². The Hall–Kier alpha value is -2.47. The minimum atomic E-state index is -0.488. The summed E-state index contributed by atoms with van der Waals surface area (Å²) in [6, 6.07) is 9.04. The summed E-state index contributed by atoms with van der Waals surface area (Å²) in [4.78, 5) is 29.4. The van der Waals surface area contributed by atoms with E-state index in [9.17, 15) is 9.59 Å². The molecule has 1 aromatic heterocycles. The third-order valence-electron chi connectivity index (χ3n) is 4.85. The molecule has 0 bridgehead atoms. The van der Waals surface area contributed by atoms with Crippen LogP contribution in [0.4, 0.5) is 0 Å². The number of carbonyl (C=O) groups is 1. The minimum absolute atomic E-state index is 0.228. The number of benzene rings is 2. The fraction of sp³-hybridized carbons (Fsp3) is 0.333. The molecule has 0 saturated heterocycles. The van der Waals surface area contributed by atoms with Gasteiger partial charge >= 0.3 is 5.97 Å². The summed E-state index contributed by atoms with van der Waals surface area (Å²) in [5.41, 5.74) is 1.12. The van der Waals surface area contributed by atoms with E-state index in [0.29, 0.717) is 46.8 Å². The number of aromatic nitrogens is 2. The smallest absolute Gasteiger partial charge is 0.343 e. The van der Waals surface area contributed by atoms with E-state index in [1.54, 1.807) is 18.3 Å². The van der Waals surface area contributed by atoms with Gasteiger partial charge in [-0.25, -0.2) is 9.78 Å². The molecule has 0 spiro atoms. The number of fused-ring (bicyclic) bond motifs is 1. The van der Waals surface area contributed by atoms with Crippen molar-refractivity contribution in [1.29, 1.82) is 0 Å². The van der Waals surface area contributed by atoms with Gasteiger partial charge in [-0.05, 0) is 71.8 Å². The molecule has 0 N–H and O–H groups in total. The van der Waals surface area contributed by atoms with E-state index in [0.717, 1.165) is 20.9 Å². The molecule has 0 atom stereocenters. The van der Waals surface area contributed by atoms with Crippen LogP contribution >= 0.6 is 38.5 Å². The highest BCUT2D eigenvalue weighted by Gasteiger charge is 2.15. The quantitative estimate of drug-likeness (QED) is 0.177. The zero-order chi connectivity index (χ0) is 24.7. The van der Waals surface area contributed by atoms with Gasteiger partial charge in [-0.3, -0.25) is 4.79 Å². The summed E-state index contributed by atoms with van der Waals surface area (Å²) in [6.45, 7) is 4.13. The number of hydrogen-bond acceptors (Lipinski definition) is 7. The maximum Gasteiger partial charge on any atom is 0.343 e. The maximum absolute atomic E-state index is 13.3. The lowest BCUT2D eigenvalue weighted by Gasteiger charge is -2.14. The predicted octanol–water partition coefficient (Wildman–Crippen LogP) is 4.94. The van der Waals surface area contributed by atoms with Crippen molar-refractivity contribution in [3.05, 3.63) is 60.1 Å². The van der Waals surface area contributed by atoms with Crippen LogP contribution in [0.5, 0.6) is 11.5 Å². The van der Waals surface area contributed by atoms with E-state index >= 15 is 0 Å². The summed E-state index contributed by atoms with van der Waals surface area (Å²) in [6.07, 6.45) is 4.09. The average Bonchev–Trinajstić information content (AvgIpc) is 2.82. The molecule has 2 aromatic carbocycles. The highest BCUT2D eigenvalue weighted by atomic mass is 127. The number of nitrogens with zero attached hydrogens (tertiary/aromatic N) is 3. The van der Waals surface area contributed by atoms with Gasteiger partial charge in [0.05, 0.1) is 34.4 Å². The largest absolute Gasteiger partial charge is 0.490 e. The van der Waals surface area contributed by atoms with Crippen LogP contribution in [-0.2, 0) is 16.0 Å². The predicted molar refractivity (Wildman–Crippen MR) is 143 cm³/mol. The molecule has 0 saturated carbocycles. The van der Waals surface area contributed by atoms with E-state index in [4.69, 9.17) is 14.5 Å². The van der Waals surface area contributed by atoms with Crippen LogP contribution in [-0.4, -0.2) is 42.2 Å². The summed E-state index contributed by atoms with van der Waals surface area (Å²) < 4.78 is 18.9. The number of esters is 1. The van der Waals surface area contributed by atoms with E-state index in [1.165, 1.54) is 11.8 Å². The Morgan fingerprint density at radius 2 is 2.03 bits per heavy atom. The van der Waals surface area contributed by atoms with E-state index in [-0.39, 0.29) is 12.2 Å². The van der Waals surface area contributed by atoms with Crippen molar-refractivity contribution in [3.8, 4) is 11.5 Å². The van der Waals surface area contributed by atoms with Crippen molar-refractivity contribution in [2.45, 2.75) is 33.1 Å². The number of methoxy groups -OCH3 is 1. The fourth-order valence-electron chi connectivity index (χ4n) is 3.19. The standard InChI is InChI=1S/C24H25BrIN3O5/c1-4-6-7-21-28-19-9-8-16(25)12-17(19)24(31)29(21)27-13-15-10-18(26)23(20(11-15)33-5-2)34-14-22(30)32-3/h8-13H,4-7,14H2,1-3H3. The number of unbranched alkanes of at least 4 members (excludes halogenated alkanes) is 1. The van der Waals surface area contributed by atoms with Gasteiger partial charge in [0, 0.05) is 10.9 Å². The number of hydrogen-bond donors (Lipinski definition) is 0. The first kappa shape index (κ1) is 26.1. The summed E-state index contributed by atoms with van der Waals surface area (Å²) >= 11 is 5.53. The molecule has 8 nitrogen and oxygen atoms in total. The van der Waals surface area contributed by atoms with Gasteiger partial charge in [0.15, 0.2) is 18.1 Å². The second-order valence-corrected chi connectivity index (χ2v) is 9.36. The first-order valence-electron chi connectivity index (χ1n) is 10.8. The number of carbonyl (C=O) groups excluding carboxylic acids is 1. The Morgan fingerprint density at radius 1 is 1.24 bits per heavy atom. The first-order valence-corrected chi connectivity index (χ1v) is 12.7. The second-order valence-electron chi connectivity index (χ2n) is 7.28. The van der Waals surface area contributed by atoms with Crippen LogP contribution in [0.25, 0.3) is 10.9 Å². The zero-order valence-corrected chi connectivity index (χ0v) is 22.9. The number of ether oxygens (including phenoxy) is 3. The van der Waals surface area contributed by atoms with Gasteiger partial charge in [0.25, 0.3) is 5.56 Å². The molecule has 0 aliphatic rings. The van der Waals surface area contributed by atoms with Crippen molar-refractivity contribution in [2.24, 2.45) is 5.10 Å². The van der Waals surface area contributed by atoms with E-state index in [1.807, 2.05) is 25.1 Å². The van der Waals surface area contributed by atoms with E-state index in [2.05, 4.69) is 55.3 Å². The van der Waals surface area contributed by atoms with E-state index < -0.39 is 5.97 Å². The maximum atomic E-state index is 13.3. The molecule has 34 heavy (non-hydrogen) atoms. The van der Waals surface area contributed by atoms with Crippen LogP contribution in [0, 0.1) is 3.57 Å². The van der Waals surface area contributed by atoms with Crippen LogP contribution in [0.3, 0.4) is 0 Å². The Labute approximate surface area is 219 Å². The molecular formula is C24H25BrIN3O5. The molecule has 0 unspecified atom stereocenters. The summed E-state index contributed by atoms with van der Waals surface area (Å²) in [5.74, 6) is 1.04. The molecule has 0 aliphatic heterocycles. The zero-order valence-electron chi connectivity index (χ0n) is 19.1. The molecule has 1 heterocycles. The monoisotopic (exact) mass is 641 g/mol. The molecule has 0 radical (unpaired) electrons. The molecule has 0 fully saturated rings. The molecule has 3 aromatic rings. The topological polar surface area (TPSA) is 92.0 Å². The first-order chi connectivity index (χ1) is 16.4. The summed E-state index contributed by atoms with van der Waals surface area (Å²) in [7, 11) is 1.30. The SMILES string of the molecule is CCCCc1nc2ccc(Br)cc2c(=O)n1N=Cc1cc(I)c(OCC(=O)OC)c(OCC)c1. The number of rotatable bonds is 10. The molecule has 3 rings (SSSR count). The molecule has 0 aliphatic carbocycles. The van der Waals surface area contributed by atoms with Gasteiger partial charge in [-0.1, -0.05) is 29.3 Å². The van der Waals surface area contributed by atoms with Gasteiger partial charge in [-0.2, -0.15) is 9.78 Å². The third-order valence-corrected chi connectivity index (χ3v) is 6.14. The second kappa shape index (κ2) is 12.3. The molecular weight excluding hydrogens is 617 g/mol. The van der Waals surface area contributed by atoms with Crippen molar-refractivity contribution in [2.75, 3.05) is 20.3 Å². The number of aryl methyl sites for hydroxylation is 1. The lowest BCUT2D eigenvalue weighted by molar-refractivity contribution is -0.142. The van der Waals surface area contributed by atoms with Crippen LogP contribution in [0.15, 0.2) is 44.7 Å². The summed E-state index contributed by atoms with van der Waals surface area (Å²) in [5, 5.41) is 4.98. The number of halogens is 2. The van der Waals surface area contributed by atoms with Crippen LogP contribution in [0.1, 0.15) is 38.1 Å². The third kappa shape index (κ3) is 6.35. The van der Waals surface area contributed by atoms with Crippen molar-refractivity contribution in [3.63, 3.8) is 0 Å². The molecule has 10 heteroatoms. The molecule has 0 amide bonds. The van der Waals surface area contributed by atoms with Gasteiger partial charge in [-0.15, -0.1) is 0 Å². The average molecular weight is 642 g/mol. The van der Waals surface area contributed by atoms with Crippen molar-refractivity contribution < 1.29 is 19.0 Å². The Morgan fingerprint density at radius 3 is 2.74 bits per heavy atom. The van der Waals surface area contributed by atoms with Gasteiger partial charge < -0.3 is 14.2 Å². The lowest BCUT2D eigenvalue weighted by Crippen LogP contribution is -2.22.